The van der Waals surface area contributed by atoms with E-state index in [0.29, 0.717) is 37.9 Å². The molecule has 1 aliphatic heterocycles. The minimum absolute atomic E-state index is 0.0418. The highest BCUT2D eigenvalue weighted by Crippen LogP contribution is 2.14. The molecule has 0 bridgehead atoms. The standard InChI is InChI=1S/C20H27N5O3/c1-15(2)10-24-11-17(28-14-16-6-4-5-8-21-16)12-25(13-19(24)26)20(27)18-7-9-22-23(18)3/h4-9,15,17H,10-14H2,1-3H3. The number of aromatic nitrogens is 3. The van der Waals surface area contributed by atoms with Crippen molar-refractivity contribution in [2.24, 2.45) is 13.0 Å². The zero-order valence-corrected chi connectivity index (χ0v) is 16.6. The van der Waals surface area contributed by atoms with E-state index in [1.54, 1.807) is 35.3 Å². The van der Waals surface area contributed by atoms with Crippen molar-refractivity contribution in [2.45, 2.75) is 26.6 Å². The molecule has 3 heterocycles. The van der Waals surface area contributed by atoms with E-state index in [4.69, 9.17) is 4.74 Å². The molecule has 1 unspecified atom stereocenters. The molecule has 28 heavy (non-hydrogen) atoms. The van der Waals surface area contributed by atoms with Gasteiger partial charge in [-0.1, -0.05) is 19.9 Å². The fourth-order valence-corrected chi connectivity index (χ4v) is 3.29. The summed E-state index contributed by atoms with van der Waals surface area (Å²) in [5, 5.41) is 4.06. The molecule has 0 saturated carbocycles. The lowest BCUT2D eigenvalue weighted by molar-refractivity contribution is -0.132. The van der Waals surface area contributed by atoms with E-state index < -0.39 is 0 Å². The van der Waals surface area contributed by atoms with Crippen LogP contribution in [-0.4, -0.2) is 68.7 Å². The highest BCUT2D eigenvalue weighted by molar-refractivity contribution is 5.95. The number of nitrogens with zero attached hydrogens (tertiary/aromatic N) is 5. The Morgan fingerprint density at radius 2 is 2.07 bits per heavy atom. The largest absolute Gasteiger partial charge is 0.368 e. The van der Waals surface area contributed by atoms with Crippen LogP contribution in [0, 0.1) is 5.92 Å². The van der Waals surface area contributed by atoms with Crippen LogP contribution in [0.5, 0.6) is 0 Å². The van der Waals surface area contributed by atoms with Crippen LogP contribution in [-0.2, 0) is 23.2 Å². The Morgan fingerprint density at radius 1 is 1.25 bits per heavy atom. The van der Waals surface area contributed by atoms with Gasteiger partial charge in [-0.15, -0.1) is 0 Å². The molecule has 150 valence electrons. The zero-order chi connectivity index (χ0) is 20.1. The van der Waals surface area contributed by atoms with Gasteiger partial charge < -0.3 is 14.5 Å². The summed E-state index contributed by atoms with van der Waals surface area (Å²) in [6, 6.07) is 7.32. The summed E-state index contributed by atoms with van der Waals surface area (Å²) in [5.41, 5.74) is 1.27. The van der Waals surface area contributed by atoms with Crippen molar-refractivity contribution in [3.8, 4) is 0 Å². The van der Waals surface area contributed by atoms with Crippen LogP contribution in [0.4, 0.5) is 0 Å². The fourth-order valence-electron chi connectivity index (χ4n) is 3.29. The Kier molecular flexibility index (Phi) is 6.41. The monoisotopic (exact) mass is 385 g/mol. The lowest BCUT2D eigenvalue weighted by Gasteiger charge is -2.25. The molecule has 3 rings (SSSR count). The molecule has 1 saturated heterocycles. The Hall–Kier alpha value is -2.74. The molecule has 2 aromatic heterocycles. The fraction of sp³-hybridized carbons (Fsp3) is 0.500. The Labute approximate surface area is 165 Å². The van der Waals surface area contributed by atoms with Gasteiger partial charge in [0.05, 0.1) is 18.4 Å². The average molecular weight is 385 g/mol. The van der Waals surface area contributed by atoms with Crippen LogP contribution in [0.25, 0.3) is 0 Å². The first-order valence-corrected chi connectivity index (χ1v) is 9.50. The first-order chi connectivity index (χ1) is 13.4. The lowest BCUT2D eigenvalue weighted by atomic mass is 10.2. The van der Waals surface area contributed by atoms with Gasteiger partial charge in [-0.25, -0.2) is 0 Å². The Balaban J connectivity index is 1.76. The molecule has 0 radical (unpaired) electrons. The maximum Gasteiger partial charge on any atom is 0.272 e. The number of ether oxygens (including phenoxy) is 1. The zero-order valence-electron chi connectivity index (χ0n) is 16.6. The highest BCUT2D eigenvalue weighted by atomic mass is 16.5. The quantitative estimate of drug-likeness (QED) is 0.750. The lowest BCUT2D eigenvalue weighted by Crippen LogP contribution is -2.41. The molecule has 0 spiro atoms. The van der Waals surface area contributed by atoms with Crippen molar-refractivity contribution in [3.05, 3.63) is 48.0 Å². The first kappa shape index (κ1) is 20.0. The number of amides is 2. The van der Waals surface area contributed by atoms with Gasteiger partial charge in [0.2, 0.25) is 5.91 Å². The van der Waals surface area contributed by atoms with Crippen molar-refractivity contribution in [1.82, 2.24) is 24.6 Å². The normalized spacial score (nSPS) is 17.9. The molecular formula is C20H27N5O3. The van der Waals surface area contributed by atoms with Crippen molar-refractivity contribution in [2.75, 3.05) is 26.2 Å². The van der Waals surface area contributed by atoms with Gasteiger partial charge in [-0.3, -0.25) is 19.3 Å². The van der Waals surface area contributed by atoms with E-state index in [0.717, 1.165) is 5.69 Å². The molecule has 2 amide bonds. The second-order valence-corrected chi connectivity index (χ2v) is 7.47. The van der Waals surface area contributed by atoms with E-state index in [9.17, 15) is 9.59 Å². The van der Waals surface area contributed by atoms with Gasteiger partial charge in [0.25, 0.3) is 5.91 Å². The second-order valence-electron chi connectivity index (χ2n) is 7.47. The van der Waals surface area contributed by atoms with Crippen LogP contribution in [0.15, 0.2) is 36.7 Å². The van der Waals surface area contributed by atoms with Gasteiger partial charge in [-0.2, -0.15) is 5.10 Å². The van der Waals surface area contributed by atoms with E-state index in [1.807, 2.05) is 18.2 Å². The summed E-state index contributed by atoms with van der Waals surface area (Å²) >= 11 is 0. The van der Waals surface area contributed by atoms with Gasteiger partial charge in [0, 0.05) is 39.1 Å². The van der Waals surface area contributed by atoms with E-state index >= 15 is 0 Å². The molecule has 0 aliphatic carbocycles. The van der Waals surface area contributed by atoms with E-state index in [2.05, 4.69) is 23.9 Å². The molecular weight excluding hydrogens is 358 g/mol. The molecule has 8 nitrogen and oxygen atoms in total. The number of hydrogen-bond acceptors (Lipinski definition) is 5. The van der Waals surface area contributed by atoms with Gasteiger partial charge in [0.1, 0.15) is 12.2 Å². The topological polar surface area (TPSA) is 80.6 Å². The van der Waals surface area contributed by atoms with Gasteiger partial charge in [-0.05, 0) is 24.1 Å². The smallest absolute Gasteiger partial charge is 0.272 e. The second kappa shape index (κ2) is 8.97. The van der Waals surface area contributed by atoms with E-state index in [1.165, 1.54) is 4.68 Å². The number of pyridine rings is 1. The van der Waals surface area contributed by atoms with Gasteiger partial charge >= 0.3 is 0 Å². The molecule has 0 N–H and O–H groups in total. The first-order valence-electron chi connectivity index (χ1n) is 9.50. The molecule has 1 aliphatic rings. The number of hydrogen-bond donors (Lipinski definition) is 0. The number of carbonyl (C=O) groups excluding carboxylic acids is 2. The minimum Gasteiger partial charge on any atom is -0.368 e. The van der Waals surface area contributed by atoms with Crippen molar-refractivity contribution in [1.29, 1.82) is 0 Å². The highest BCUT2D eigenvalue weighted by Gasteiger charge is 2.32. The molecule has 8 heteroatoms. The Morgan fingerprint density at radius 3 is 2.71 bits per heavy atom. The minimum atomic E-state index is -0.288. The van der Waals surface area contributed by atoms with Crippen LogP contribution in [0.3, 0.4) is 0 Å². The summed E-state index contributed by atoms with van der Waals surface area (Å²) in [7, 11) is 1.72. The maximum absolute atomic E-state index is 13.0. The van der Waals surface area contributed by atoms with Crippen LogP contribution in [0.1, 0.15) is 30.0 Å². The van der Waals surface area contributed by atoms with Crippen molar-refractivity contribution >= 4 is 11.8 Å². The predicted octanol–water partition coefficient (Wildman–Crippen LogP) is 1.34. The summed E-state index contributed by atoms with van der Waals surface area (Å²) in [6.07, 6.45) is 3.01. The number of rotatable bonds is 6. The van der Waals surface area contributed by atoms with Crippen LogP contribution >= 0.6 is 0 Å². The third-order valence-electron chi connectivity index (χ3n) is 4.63. The SMILES string of the molecule is CC(C)CN1CC(OCc2ccccn2)CN(C(=O)c2ccnn2C)CC1=O. The predicted molar refractivity (Wildman–Crippen MR) is 103 cm³/mol. The van der Waals surface area contributed by atoms with Crippen LogP contribution < -0.4 is 0 Å². The Bertz CT molecular complexity index is 805. The summed E-state index contributed by atoms with van der Waals surface area (Å²) in [5.74, 6) is 0.0547. The summed E-state index contributed by atoms with van der Waals surface area (Å²) in [4.78, 5) is 33.4. The van der Waals surface area contributed by atoms with E-state index in [-0.39, 0.29) is 24.5 Å². The maximum atomic E-state index is 13.0. The summed E-state index contributed by atoms with van der Waals surface area (Å²) < 4.78 is 7.59. The molecule has 2 aromatic rings. The molecule has 0 aromatic carbocycles. The molecule has 1 atom stereocenters. The number of carbonyl (C=O) groups is 2. The third kappa shape index (κ3) is 4.95. The third-order valence-corrected chi connectivity index (χ3v) is 4.63. The summed E-state index contributed by atoms with van der Waals surface area (Å²) in [6.45, 7) is 5.95. The number of aryl methyl sites for hydroxylation is 1. The van der Waals surface area contributed by atoms with Crippen molar-refractivity contribution in [3.63, 3.8) is 0 Å². The van der Waals surface area contributed by atoms with Gasteiger partial charge in [0.15, 0.2) is 0 Å². The average Bonchev–Trinajstić information content (AvgIpc) is 3.03. The van der Waals surface area contributed by atoms with Crippen LogP contribution in [0.2, 0.25) is 0 Å². The van der Waals surface area contributed by atoms with Crippen molar-refractivity contribution < 1.29 is 14.3 Å². The molecule has 1 fully saturated rings.